The van der Waals surface area contributed by atoms with E-state index in [1.807, 2.05) is 0 Å². The lowest BCUT2D eigenvalue weighted by Crippen LogP contribution is -2.56. The SMILES string of the molecule is O=C(c1ccc2c(c1)OCO2)N1CC(Oc2ccc(Cl)cn2)C1. The first-order valence-corrected chi connectivity index (χ1v) is 7.54. The molecule has 118 valence electrons. The highest BCUT2D eigenvalue weighted by molar-refractivity contribution is 6.30. The minimum absolute atomic E-state index is 0.0489. The van der Waals surface area contributed by atoms with Gasteiger partial charge in [0.05, 0.1) is 18.1 Å². The number of benzene rings is 1. The lowest BCUT2D eigenvalue weighted by Gasteiger charge is -2.38. The number of amides is 1. The molecule has 0 spiro atoms. The molecule has 0 saturated carbocycles. The second-order valence-electron chi connectivity index (χ2n) is 5.33. The smallest absolute Gasteiger partial charge is 0.254 e. The van der Waals surface area contributed by atoms with E-state index in [1.165, 1.54) is 6.20 Å². The molecular formula is C16H13ClN2O4. The molecule has 2 aromatic rings. The van der Waals surface area contributed by atoms with Crippen LogP contribution in [0.5, 0.6) is 17.4 Å². The van der Waals surface area contributed by atoms with Crippen molar-refractivity contribution in [2.24, 2.45) is 0 Å². The molecule has 23 heavy (non-hydrogen) atoms. The zero-order chi connectivity index (χ0) is 15.8. The number of nitrogens with zero attached hydrogens (tertiary/aromatic N) is 2. The number of pyridine rings is 1. The van der Waals surface area contributed by atoms with Gasteiger partial charge in [-0.2, -0.15) is 0 Å². The van der Waals surface area contributed by atoms with Gasteiger partial charge in [-0.15, -0.1) is 0 Å². The van der Waals surface area contributed by atoms with Crippen molar-refractivity contribution in [2.45, 2.75) is 6.10 Å². The summed E-state index contributed by atoms with van der Waals surface area (Å²) < 4.78 is 16.2. The van der Waals surface area contributed by atoms with Gasteiger partial charge in [-0.1, -0.05) is 11.6 Å². The summed E-state index contributed by atoms with van der Waals surface area (Å²) in [6.45, 7) is 1.25. The van der Waals surface area contributed by atoms with Gasteiger partial charge in [0.1, 0.15) is 6.10 Å². The first-order chi connectivity index (χ1) is 11.2. The predicted octanol–water partition coefficient (Wildman–Crippen LogP) is 2.37. The van der Waals surface area contributed by atoms with E-state index in [1.54, 1.807) is 35.2 Å². The molecule has 1 aromatic heterocycles. The number of fused-ring (bicyclic) bond motifs is 1. The monoisotopic (exact) mass is 332 g/mol. The zero-order valence-electron chi connectivity index (χ0n) is 12.1. The average Bonchev–Trinajstić information content (AvgIpc) is 2.99. The Labute approximate surface area is 137 Å². The van der Waals surface area contributed by atoms with Crippen LogP contribution in [0.25, 0.3) is 0 Å². The van der Waals surface area contributed by atoms with E-state index in [2.05, 4.69) is 4.98 Å². The van der Waals surface area contributed by atoms with Crippen molar-refractivity contribution in [3.8, 4) is 17.4 Å². The molecule has 7 heteroatoms. The summed E-state index contributed by atoms with van der Waals surface area (Å²) in [4.78, 5) is 18.2. The Morgan fingerprint density at radius 2 is 2.04 bits per heavy atom. The summed E-state index contributed by atoms with van der Waals surface area (Å²) in [5.41, 5.74) is 0.581. The summed E-state index contributed by atoms with van der Waals surface area (Å²) in [7, 11) is 0. The highest BCUT2D eigenvalue weighted by Gasteiger charge is 2.33. The van der Waals surface area contributed by atoms with Crippen LogP contribution in [-0.2, 0) is 0 Å². The normalized spacial score (nSPS) is 16.1. The van der Waals surface area contributed by atoms with Crippen molar-refractivity contribution in [3.05, 3.63) is 47.1 Å². The third-order valence-corrected chi connectivity index (χ3v) is 3.97. The van der Waals surface area contributed by atoms with Crippen LogP contribution in [0.3, 0.4) is 0 Å². The maximum atomic E-state index is 12.4. The van der Waals surface area contributed by atoms with Crippen LogP contribution in [0, 0.1) is 0 Å². The Bertz CT molecular complexity index is 744. The van der Waals surface area contributed by atoms with Gasteiger partial charge in [-0.05, 0) is 24.3 Å². The van der Waals surface area contributed by atoms with Crippen LogP contribution in [0.4, 0.5) is 0 Å². The Balaban J connectivity index is 1.36. The Morgan fingerprint density at radius 1 is 1.22 bits per heavy atom. The van der Waals surface area contributed by atoms with E-state index in [4.69, 9.17) is 25.8 Å². The second kappa shape index (κ2) is 5.62. The number of aromatic nitrogens is 1. The van der Waals surface area contributed by atoms with Crippen LogP contribution in [-0.4, -0.2) is 41.8 Å². The van der Waals surface area contributed by atoms with Crippen molar-refractivity contribution < 1.29 is 19.0 Å². The molecule has 2 aliphatic rings. The molecule has 1 saturated heterocycles. The molecule has 4 rings (SSSR count). The number of likely N-dealkylation sites (tertiary alicyclic amines) is 1. The van der Waals surface area contributed by atoms with Gasteiger partial charge in [0.25, 0.3) is 5.91 Å². The van der Waals surface area contributed by atoms with Crippen LogP contribution >= 0.6 is 11.6 Å². The van der Waals surface area contributed by atoms with Crippen LogP contribution in [0.1, 0.15) is 10.4 Å². The summed E-state index contributed by atoms with van der Waals surface area (Å²) in [5, 5.41) is 0.561. The highest BCUT2D eigenvalue weighted by atomic mass is 35.5. The van der Waals surface area contributed by atoms with Crippen molar-refractivity contribution in [1.82, 2.24) is 9.88 Å². The Morgan fingerprint density at radius 3 is 2.83 bits per heavy atom. The molecular weight excluding hydrogens is 320 g/mol. The molecule has 0 radical (unpaired) electrons. The molecule has 2 aliphatic heterocycles. The predicted molar refractivity (Wildman–Crippen MR) is 82.1 cm³/mol. The fourth-order valence-corrected chi connectivity index (χ4v) is 2.61. The lowest BCUT2D eigenvalue weighted by molar-refractivity contribution is 0.0160. The molecule has 1 aromatic carbocycles. The van der Waals surface area contributed by atoms with Gasteiger partial charge in [-0.25, -0.2) is 4.98 Å². The van der Waals surface area contributed by atoms with E-state index < -0.39 is 0 Å². The maximum Gasteiger partial charge on any atom is 0.254 e. The zero-order valence-corrected chi connectivity index (χ0v) is 12.8. The van der Waals surface area contributed by atoms with Gasteiger partial charge in [0.15, 0.2) is 11.5 Å². The average molecular weight is 333 g/mol. The molecule has 0 bridgehead atoms. The number of carbonyl (C=O) groups excluding carboxylic acids is 1. The van der Waals surface area contributed by atoms with E-state index in [9.17, 15) is 4.79 Å². The number of carbonyl (C=O) groups is 1. The van der Waals surface area contributed by atoms with Gasteiger partial charge in [0.2, 0.25) is 12.7 Å². The molecule has 6 nitrogen and oxygen atoms in total. The van der Waals surface area contributed by atoms with Crippen molar-refractivity contribution in [2.75, 3.05) is 19.9 Å². The number of hydrogen-bond donors (Lipinski definition) is 0. The third kappa shape index (κ3) is 2.77. The van der Waals surface area contributed by atoms with Crippen molar-refractivity contribution >= 4 is 17.5 Å². The standard InChI is InChI=1S/C16H13ClN2O4/c17-11-2-4-15(18-6-11)23-12-7-19(8-12)16(20)10-1-3-13-14(5-10)22-9-21-13/h1-6,12H,7-9H2. The lowest BCUT2D eigenvalue weighted by atomic mass is 10.1. The fraction of sp³-hybridized carbons (Fsp3) is 0.250. The maximum absolute atomic E-state index is 12.4. The van der Waals surface area contributed by atoms with Gasteiger partial charge >= 0.3 is 0 Å². The van der Waals surface area contributed by atoms with Crippen LogP contribution < -0.4 is 14.2 Å². The summed E-state index contributed by atoms with van der Waals surface area (Å²) in [6.07, 6.45) is 1.48. The highest BCUT2D eigenvalue weighted by Crippen LogP contribution is 2.33. The quantitative estimate of drug-likeness (QED) is 0.863. The van der Waals surface area contributed by atoms with Gasteiger partial charge in [0, 0.05) is 17.8 Å². The van der Waals surface area contributed by atoms with Gasteiger partial charge in [-0.3, -0.25) is 4.79 Å². The van der Waals surface area contributed by atoms with E-state index in [-0.39, 0.29) is 18.8 Å². The Kier molecular flexibility index (Phi) is 3.46. The summed E-state index contributed by atoms with van der Waals surface area (Å²) in [5.74, 6) is 1.73. The molecule has 0 aliphatic carbocycles. The minimum Gasteiger partial charge on any atom is -0.471 e. The van der Waals surface area contributed by atoms with Crippen molar-refractivity contribution in [3.63, 3.8) is 0 Å². The Hall–Kier alpha value is -2.47. The first kappa shape index (κ1) is 14.1. The largest absolute Gasteiger partial charge is 0.471 e. The minimum atomic E-state index is -0.0540. The summed E-state index contributed by atoms with van der Waals surface area (Å²) >= 11 is 5.78. The number of rotatable bonds is 3. The van der Waals surface area contributed by atoms with Gasteiger partial charge < -0.3 is 19.1 Å². The van der Waals surface area contributed by atoms with Crippen LogP contribution in [0.15, 0.2) is 36.5 Å². The fourth-order valence-electron chi connectivity index (χ4n) is 2.49. The molecule has 0 atom stereocenters. The topological polar surface area (TPSA) is 60.9 Å². The second-order valence-corrected chi connectivity index (χ2v) is 5.77. The van der Waals surface area contributed by atoms with Crippen molar-refractivity contribution in [1.29, 1.82) is 0 Å². The molecule has 0 N–H and O–H groups in total. The molecule has 3 heterocycles. The van der Waals surface area contributed by atoms with Crippen LogP contribution in [0.2, 0.25) is 5.02 Å². The van der Waals surface area contributed by atoms with E-state index in [0.29, 0.717) is 41.1 Å². The molecule has 1 fully saturated rings. The number of ether oxygens (including phenoxy) is 3. The van der Waals surface area contributed by atoms with E-state index >= 15 is 0 Å². The molecule has 1 amide bonds. The van der Waals surface area contributed by atoms with E-state index in [0.717, 1.165) is 0 Å². The number of hydrogen-bond acceptors (Lipinski definition) is 5. The first-order valence-electron chi connectivity index (χ1n) is 7.16. The number of halogens is 1. The molecule has 0 unspecified atom stereocenters. The third-order valence-electron chi connectivity index (χ3n) is 3.74. The summed E-state index contributed by atoms with van der Waals surface area (Å²) in [6, 6.07) is 8.63.